The quantitative estimate of drug-likeness (QED) is 0.648. The van der Waals surface area contributed by atoms with Crippen LogP contribution < -0.4 is 15.8 Å². The lowest BCUT2D eigenvalue weighted by atomic mass is 9.96. The molecule has 0 saturated heterocycles. The van der Waals surface area contributed by atoms with Crippen LogP contribution in [0.1, 0.15) is 39.0 Å². The van der Waals surface area contributed by atoms with Crippen molar-refractivity contribution in [1.82, 2.24) is 5.32 Å². The van der Waals surface area contributed by atoms with Gasteiger partial charge in [0.05, 0.1) is 6.54 Å². The summed E-state index contributed by atoms with van der Waals surface area (Å²) in [5.41, 5.74) is 5.89. The molecule has 116 valence electrons. The predicted molar refractivity (Wildman–Crippen MR) is 83.0 cm³/mol. The number of hydrogen-bond acceptors (Lipinski definition) is 2. The van der Waals surface area contributed by atoms with Crippen LogP contribution in [0.5, 0.6) is 5.75 Å². The van der Waals surface area contributed by atoms with Crippen LogP contribution in [-0.2, 0) is 0 Å². The molecule has 5 heteroatoms. The minimum Gasteiger partial charge on any atom is -0.489 e. The normalized spacial score (nSPS) is 18.3. The number of nitrogens with two attached hydrogens (primary N) is 1. The Morgan fingerprint density at radius 3 is 2.90 bits per heavy atom. The van der Waals surface area contributed by atoms with Crippen molar-refractivity contribution in [2.75, 3.05) is 6.54 Å². The number of guanidine groups is 1. The van der Waals surface area contributed by atoms with E-state index in [1.807, 2.05) is 6.92 Å². The summed E-state index contributed by atoms with van der Waals surface area (Å²) in [5, 5.41) is 3.26. The first-order valence-corrected chi connectivity index (χ1v) is 7.62. The van der Waals surface area contributed by atoms with Crippen LogP contribution >= 0.6 is 0 Å². The fourth-order valence-electron chi connectivity index (χ4n) is 2.54. The number of halogens is 1. The zero-order valence-electron chi connectivity index (χ0n) is 12.5. The summed E-state index contributed by atoms with van der Waals surface area (Å²) < 4.78 is 18.7. The molecule has 0 amide bonds. The third kappa shape index (κ3) is 5.61. The molecule has 1 aromatic rings. The molecule has 21 heavy (non-hydrogen) atoms. The van der Waals surface area contributed by atoms with Crippen LogP contribution in [0.2, 0.25) is 0 Å². The average molecular weight is 293 g/mol. The maximum Gasteiger partial charge on any atom is 0.188 e. The maximum atomic E-state index is 13.1. The second-order valence-electron chi connectivity index (χ2n) is 5.59. The molecule has 4 nitrogen and oxygen atoms in total. The molecule has 0 heterocycles. The van der Waals surface area contributed by atoms with Gasteiger partial charge in [-0.1, -0.05) is 25.3 Å². The van der Waals surface area contributed by atoms with Gasteiger partial charge in [0.2, 0.25) is 0 Å². The van der Waals surface area contributed by atoms with Crippen LogP contribution in [0, 0.1) is 5.82 Å². The molecule has 0 aliphatic heterocycles. The highest BCUT2D eigenvalue weighted by Crippen LogP contribution is 2.17. The molecule has 0 spiro atoms. The van der Waals surface area contributed by atoms with Crippen LogP contribution in [-0.4, -0.2) is 24.7 Å². The maximum absolute atomic E-state index is 13.1. The van der Waals surface area contributed by atoms with E-state index in [-0.39, 0.29) is 11.9 Å². The Balaban J connectivity index is 1.76. The van der Waals surface area contributed by atoms with E-state index in [4.69, 9.17) is 10.5 Å². The summed E-state index contributed by atoms with van der Waals surface area (Å²) >= 11 is 0. The number of rotatable bonds is 5. The summed E-state index contributed by atoms with van der Waals surface area (Å²) in [6.07, 6.45) is 5.98. The molecule has 0 radical (unpaired) electrons. The minimum atomic E-state index is -0.304. The smallest absolute Gasteiger partial charge is 0.188 e. The zero-order valence-corrected chi connectivity index (χ0v) is 12.5. The summed E-state index contributed by atoms with van der Waals surface area (Å²) in [6.45, 7) is 2.34. The molecule has 0 bridgehead atoms. The van der Waals surface area contributed by atoms with E-state index in [2.05, 4.69) is 10.3 Å². The largest absolute Gasteiger partial charge is 0.489 e. The molecule has 0 aromatic heterocycles. The molecular weight excluding hydrogens is 269 g/mol. The lowest BCUT2D eigenvalue weighted by Crippen LogP contribution is -2.41. The highest BCUT2D eigenvalue weighted by atomic mass is 19.1. The Labute approximate surface area is 125 Å². The zero-order chi connectivity index (χ0) is 15.1. The summed E-state index contributed by atoms with van der Waals surface area (Å²) in [7, 11) is 0. The fraction of sp³-hybridized carbons (Fsp3) is 0.562. The van der Waals surface area contributed by atoms with Gasteiger partial charge in [0.25, 0.3) is 0 Å². The predicted octanol–water partition coefficient (Wildman–Crippen LogP) is 2.83. The summed E-state index contributed by atoms with van der Waals surface area (Å²) in [5.74, 6) is 0.676. The van der Waals surface area contributed by atoms with E-state index in [1.54, 1.807) is 12.1 Å². The van der Waals surface area contributed by atoms with Crippen molar-refractivity contribution in [1.29, 1.82) is 0 Å². The third-order valence-corrected chi connectivity index (χ3v) is 3.61. The number of nitrogens with zero attached hydrogens (tertiary/aromatic N) is 1. The SMILES string of the molecule is CC(CN=C(N)NC1CCCCC1)Oc1cccc(F)c1. The third-order valence-electron chi connectivity index (χ3n) is 3.61. The van der Waals surface area contributed by atoms with Crippen LogP contribution in [0.4, 0.5) is 4.39 Å². The van der Waals surface area contributed by atoms with E-state index >= 15 is 0 Å². The van der Waals surface area contributed by atoms with Gasteiger partial charge in [0.1, 0.15) is 17.7 Å². The Morgan fingerprint density at radius 1 is 1.43 bits per heavy atom. The van der Waals surface area contributed by atoms with Gasteiger partial charge >= 0.3 is 0 Å². The molecule has 1 atom stereocenters. The average Bonchev–Trinajstić information content (AvgIpc) is 2.46. The summed E-state index contributed by atoms with van der Waals surface area (Å²) in [4.78, 5) is 4.30. The van der Waals surface area contributed by atoms with Gasteiger partial charge < -0.3 is 15.8 Å². The highest BCUT2D eigenvalue weighted by molar-refractivity contribution is 5.78. The van der Waals surface area contributed by atoms with Gasteiger partial charge in [-0.15, -0.1) is 0 Å². The van der Waals surface area contributed by atoms with E-state index in [9.17, 15) is 4.39 Å². The molecule has 1 unspecified atom stereocenters. The molecule has 2 rings (SSSR count). The van der Waals surface area contributed by atoms with Gasteiger partial charge in [-0.05, 0) is 31.9 Å². The van der Waals surface area contributed by atoms with E-state index in [0.29, 0.717) is 24.3 Å². The number of nitrogens with one attached hydrogen (secondary N) is 1. The van der Waals surface area contributed by atoms with Gasteiger partial charge in [0, 0.05) is 12.1 Å². The lowest BCUT2D eigenvalue weighted by Gasteiger charge is -2.23. The van der Waals surface area contributed by atoms with Crippen molar-refractivity contribution in [3.8, 4) is 5.75 Å². The molecule has 1 aliphatic rings. The number of benzene rings is 1. The van der Waals surface area contributed by atoms with Crippen LogP contribution in [0.15, 0.2) is 29.3 Å². The number of hydrogen-bond donors (Lipinski definition) is 2. The van der Waals surface area contributed by atoms with Crippen molar-refractivity contribution in [3.05, 3.63) is 30.1 Å². The first-order chi connectivity index (χ1) is 10.1. The van der Waals surface area contributed by atoms with Gasteiger partial charge in [-0.3, -0.25) is 0 Å². The Kier molecular flexibility index (Phi) is 5.84. The first-order valence-electron chi connectivity index (χ1n) is 7.62. The Bertz CT molecular complexity index is 472. The van der Waals surface area contributed by atoms with Gasteiger partial charge in [-0.2, -0.15) is 0 Å². The van der Waals surface area contributed by atoms with E-state index in [0.717, 1.165) is 12.8 Å². The van der Waals surface area contributed by atoms with E-state index < -0.39 is 0 Å². The Hall–Kier alpha value is -1.78. The second-order valence-corrected chi connectivity index (χ2v) is 5.59. The minimum absolute atomic E-state index is 0.154. The lowest BCUT2D eigenvalue weighted by molar-refractivity contribution is 0.229. The molecule has 1 fully saturated rings. The topological polar surface area (TPSA) is 59.6 Å². The first kappa shape index (κ1) is 15.6. The van der Waals surface area contributed by atoms with Crippen LogP contribution in [0.25, 0.3) is 0 Å². The molecule has 3 N–H and O–H groups in total. The molecule has 1 aliphatic carbocycles. The van der Waals surface area contributed by atoms with E-state index in [1.165, 1.54) is 31.4 Å². The second kappa shape index (κ2) is 7.86. The number of ether oxygens (including phenoxy) is 1. The van der Waals surface area contributed by atoms with Crippen LogP contribution in [0.3, 0.4) is 0 Å². The van der Waals surface area contributed by atoms with Gasteiger partial charge in [-0.25, -0.2) is 9.38 Å². The van der Waals surface area contributed by atoms with Crippen molar-refractivity contribution >= 4 is 5.96 Å². The molecule has 1 saturated carbocycles. The standard InChI is InChI=1S/C16H24FN3O/c1-12(21-15-9-5-6-13(17)10-15)11-19-16(18)20-14-7-3-2-4-8-14/h5-6,9-10,12,14H,2-4,7-8,11H2,1H3,(H3,18,19,20). The van der Waals surface area contributed by atoms with Crippen molar-refractivity contribution in [3.63, 3.8) is 0 Å². The fourth-order valence-corrected chi connectivity index (χ4v) is 2.54. The van der Waals surface area contributed by atoms with Crippen molar-refractivity contribution in [2.24, 2.45) is 10.7 Å². The highest BCUT2D eigenvalue weighted by Gasteiger charge is 2.13. The van der Waals surface area contributed by atoms with Gasteiger partial charge in [0.15, 0.2) is 5.96 Å². The monoisotopic (exact) mass is 293 g/mol. The summed E-state index contributed by atoms with van der Waals surface area (Å²) in [6, 6.07) is 6.56. The Morgan fingerprint density at radius 2 is 2.19 bits per heavy atom. The van der Waals surface area contributed by atoms with Crippen molar-refractivity contribution in [2.45, 2.75) is 51.2 Å². The molecular formula is C16H24FN3O. The van der Waals surface area contributed by atoms with Crippen molar-refractivity contribution < 1.29 is 9.13 Å². The number of aliphatic imine (C=N–C) groups is 1. The molecule has 1 aromatic carbocycles.